The molecular weight excluding hydrogens is 422 g/mol. The second-order valence-corrected chi connectivity index (χ2v) is 9.82. The lowest BCUT2D eigenvalue weighted by atomic mass is 9.81. The highest BCUT2D eigenvalue weighted by atomic mass is 16.4. The first kappa shape index (κ1) is 23.0. The van der Waals surface area contributed by atoms with Crippen molar-refractivity contribution in [2.24, 2.45) is 0 Å². The Kier molecular flexibility index (Phi) is 6.64. The average molecular weight is 460 g/mol. The minimum Gasteiger partial charge on any atom is -0.478 e. The third-order valence-corrected chi connectivity index (χ3v) is 8.04. The first-order chi connectivity index (χ1) is 16.6. The van der Waals surface area contributed by atoms with Crippen molar-refractivity contribution in [2.75, 3.05) is 37.6 Å². The van der Waals surface area contributed by atoms with Crippen LogP contribution in [0.1, 0.15) is 67.8 Å². The first-order valence-electron chi connectivity index (χ1n) is 13.1. The molecule has 180 valence electrons. The summed E-state index contributed by atoms with van der Waals surface area (Å²) in [6.07, 6.45) is 6.33. The lowest BCUT2D eigenvalue weighted by molar-refractivity contribution is 0.0697. The fraction of sp³-hybridized carbons (Fsp3) is 0.483. The van der Waals surface area contributed by atoms with Gasteiger partial charge in [-0.15, -0.1) is 0 Å². The maximum atomic E-state index is 11.8. The molecule has 1 N–H and O–H groups in total. The minimum absolute atomic E-state index is 0.374. The fourth-order valence-corrected chi connectivity index (χ4v) is 6.16. The van der Waals surface area contributed by atoms with Crippen LogP contribution in [0, 0.1) is 0 Å². The number of nitrogens with zero attached hydrogens (tertiary/aromatic N) is 3. The van der Waals surface area contributed by atoms with Gasteiger partial charge in [-0.25, -0.2) is 4.79 Å². The summed E-state index contributed by atoms with van der Waals surface area (Å²) in [5.74, 6) is -0.315. The molecule has 2 heterocycles. The lowest BCUT2D eigenvalue weighted by Crippen LogP contribution is -2.36. The van der Waals surface area contributed by atoms with Crippen LogP contribution in [0.15, 0.2) is 42.5 Å². The van der Waals surface area contributed by atoms with E-state index in [4.69, 9.17) is 0 Å². The number of benzene rings is 2. The number of carboxylic acids is 1. The molecule has 0 atom stereocenters. The summed E-state index contributed by atoms with van der Waals surface area (Å²) in [7, 11) is 0. The van der Waals surface area contributed by atoms with E-state index in [1.54, 1.807) is 6.07 Å². The number of aromatic nitrogens is 1. The Morgan fingerprint density at radius 2 is 1.79 bits per heavy atom. The summed E-state index contributed by atoms with van der Waals surface area (Å²) in [5, 5.41) is 11.0. The van der Waals surface area contributed by atoms with Gasteiger partial charge in [0, 0.05) is 48.3 Å². The fourth-order valence-electron chi connectivity index (χ4n) is 6.16. The number of carboxylic acid groups (broad SMARTS) is 1. The van der Waals surface area contributed by atoms with Crippen LogP contribution in [0.5, 0.6) is 0 Å². The van der Waals surface area contributed by atoms with Gasteiger partial charge in [0.05, 0.1) is 11.3 Å². The normalized spacial score (nSPS) is 16.5. The van der Waals surface area contributed by atoms with E-state index in [2.05, 4.69) is 58.5 Å². The standard InChI is InChI=1S/C29H37N3O2/c1-3-30(4-2)16-17-31-18-19-32-26-20-22(29(33)34)14-15-23(26)27(21-10-6-5-7-11-21)28(32)24-12-8-9-13-25(24)31/h8-9,12-15,20-21H,3-7,10-11,16-19H2,1-2H3,(H,33,34). The smallest absolute Gasteiger partial charge is 0.335 e. The van der Waals surface area contributed by atoms with Crippen molar-refractivity contribution in [3.8, 4) is 11.3 Å². The van der Waals surface area contributed by atoms with Crippen molar-refractivity contribution in [1.82, 2.24) is 9.47 Å². The van der Waals surface area contributed by atoms with Crippen molar-refractivity contribution in [3.05, 3.63) is 53.6 Å². The Balaban J connectivity index is 1.67. The van der Waals surface area contributed by atoms with Gasteiger partial charge in [-0.3, -0.25) is 0 Å². The molecule has 3 aromatic rings. The van der Waals surface area contributed by atoms with Gasteiger partial charge in [0.15, 0.2) is 0 Å². The highest BCUT2D eigenvalue weighted by Gasteiger charge is 2.30. The van der Waals surface area contributed by atoms with Gasteiger partial charge in [0.25, 0.3) is 0 Å². The Labute approximate surface area is 203 Å². The largest absolute Gasteiger partial charge is 0.478 e. The highest BCUT2D eigenvalue weighted by Crippen LogP contribution is 2.47. The molecule has 1 saturated carbocycles. The number of fused-ring (bicyclic) bond motifs is 5. The molecule has 2 aromatic carbocycles. The molecule has 0 unspecified atom stereocenters. The van der Waals surface area contributed by atoms with E-state index < -0.39 is 5.97 Å². The van der Waals surface area contributed by atoms with E-state index in [0.29, 0.717) is 11.5 Å². The van der Waals surface area contributed by atoms with Gasteiger partial charge in [0.2, 0.25) is 0 Å². The second kappa shape index (κ2) is 9.83. The van der Waals surface area contributed by atoms with Gasteiger partial charge >= 0.3 is 5.97 Å². The number of aromatic carboxylic acids is 1. The summed E-state index contributed by atoms with van der Waals surface area (Å²) in [5.41, 5.74) is 6.84. The van der Waals surface area contributed by atoms with Crippen LogP contribution < -0.4 is 4.90 Å². The molecule has 5 heteroatoms. The van der Waals surface area contributed by atoms with Crippen molar-refractivity contribution in [2.45, 2.75) is 58.4 Å². The van der Waals surface area contributed by atoms with Gasteiger partial charge in [-0.1, -0.05) is 57.4 Å². The molecule has 0 radical (unpaired) electrons. The molecule has 2 aliphatic rings. The number of hydrogen-bond donors (Lipinski definition) is 1. The maximum Gasteiger partial charge on any atom is 0.335 e. The summed E-state index contributed by atoms with van der Waals surface area (Å²) >= 11 is 0. The molecule has 0 amide bonds. The molecule has 0 bridgehead atoms. The van der Waals surface area contributed by atoms with E-state index >= 15 is 0 Å². The third kappa shape index (κ3) is 4.11. The number of hydrogen-bond acceptors (Lipinski definition) is 3. The van der Waals surface area contributed by atoms with E-state index in [1.807, 2.05) is 6.07 Å². The Bertz CT molecular complexity index is 1170. The van der Waals surface area contributed by atoms with E-state index in [0.717, 1.165) is 44.8 Å². The number of rotatable bonds is 7. The number of para-hydroxylation sites is 1. The number of anilines is 1. The molecule has 5 rings (SSSR count). The average Bonchev–Trinajstić information content (AvgIpc) is 3.11. The topological polar surface area (TPSA) is 48.7 Å². The Morgan fingerprint density at radius 3 is 2.53 bits per heavy atom. The Hall–Kier alpha value is -2.79. The zero-order chi connectivity index (χ0) is 23.7. The van der Waals surface area contributed by atoms with Gasteiger partial charge in [-0.05, 0) is 55.6 Å². The first-order valence-corrected chi connectivity index (χ1v) is 13.1. The monoisotopic (exact) mass is 459 g/mol. The van der Waals surface area contributed by atoms with Crippen molar-refractivity contribution in [3.63, 3.8) is 0 Å². The van der Waals surface area contributed by atoms with Crippen molar-refractivity contribution in [1.29, 1.82) is 0 Å². The predicted octanol–water partition coefficient (Wildman–Crippen LogP) is 6.22. The molecule has 34 heavy (non-hydrogen) atoms. The Morgan fingerprint density at radius 1 is 1.03 bits per heavy atom. The van der Waals surface area contributed by atoms with E-state index in [9.17, 15) is 9.90 Å². The van der Waals surface area contributed by atoms with Gasteiger partial charge in [0.1, 0.15) is 0 Å². The van der Waals surface area contributed by atoms with Crippen LogP contribution in [-0.2, 0) is 6.54 Å². The van der Waals surface area contributed by atoms with Crippen LogP contribution in [0.25, 0.3) is 22.2 Å². The molecule has 1 aromatic heterocycles. The van der Waals surface area contributed by atoms with Crippen molar-refractivity contribution >= 4 is 22.6 Å². The second-order valence-electron chi connectivity index (χ2n) is 9.82. The van der Waals surface area contributed by atoms with Gasteiger partial charge in [-0.2, -0.15) is 0 Å². The van der Waals surface area contributed by atoms with Crippen molar-refractivity contribution < 1.29 is 9.90 Å². The third-order valence-electron chi connectivity index (χ3n) is 8.04. The molecule has 0 spiro atoms. The highest BCUT2D eigenvalue weighted by molar-refractivity contribution is 5.99. The number of carbonyl (C=O) groups is 1. The van der Waals surface area contributed by atoms with Crippen LogP contribution in [0.4, 0.5) is 5.69 Å². The molecular formula is C29H37N3O2. The van der Waals surface area contributed by atoms with Crippen LogP contribution in [0.3, 0.4) is 0 Å². The molecule has 1 aliphatic carbocycles. The summed E-state index contributed by atoms with van der Waals surface area (Å²) < 4.78 is 2.43. The predicted molar refractivity (Wildman–Crippen MR) is 140 cm³/mol. The maximum absolute atomic E-state index is 11.8. The van der Waals surface area contributed by atoms with Crippen LogP contribution in [-0.4, -0.2) is 53.3 Å². The minimum atomic E-state index is -0.855. The SMILES string of the molecule is CCN(CC)CCN1CCn2c(c(C3CCCCC3)c3ccc(C(=O)O)cc32)-c2ccccc21. The number of likely N-dealkylation sites (N-methyl/N-ethyl adjacent to an activating group) is 1. The molecule has 5 nitrogen and oxygen atoms in total. The lowest BCUT2D eigenvalue weighted by Gasteiger charge is -2.28. The molecule has 1 fully saturated rings. The summed E-state index contributed by atoms with van der Waals surface area (Å²) in [6.45, 7) is 10.4. The van der Waals surface area contributed by atoms with Crippen LogP contribution in [0.2, 0.25) is 0 Å². The summed E-state index contributed by atoms with van der Waals surface area (Å²) in [4.78, 5) is 16.8. The zero-order valence-corrected chi connectivity index (χ0v) is 20.6. The van der Waals surface area contributed by atoms with Gasteiger partial charge < -0.3 is 19.5 Å². The quantitative estimate of drug-likeness (QED) is 0.456. The van der Waals surface area contributed by atoms with E-state index in [1.165, 1.54) is 60.0 Å². The zero-order valence-electron chi connectivity index (χ0n) is 20.6. The summed E-state index contributed by atoms with van der Waals surface area (Å²) in [6, 6.07) is 14.6. The molecule has 0 saturated heterocycles. The van der Waals surface area contributed by atoms with Crippen LogP contribution >= 0.6 is 0 Å². The molecule has 1 aliphatic heterocycles. The van der Waals surface area contributed by atoms with E-state index in [-0.39, 0.29) is 0 Å².